The molecule has 0 saturated heterocycles. The second-order valence-corrected chi connectivity index (χ2v) is 4.20. The molecule has 0 bridgehead atoms. The van der Waals surface area contributed by atoms with Crippen LogP contribution in [0.25, 0.3) is 0 Å². The first-order valence-corrected chi connectivity index (χ1v) is 5.11. The summed E-state index contributed by atoms with van der Waals surface area (Å²) >= 11 is 3.87. The van der Waals surface area contributed by atoms with Gasteiger partial charge < -0.3 is 0 Å². The molecule has 2 N–H and O–H groups in total. The molecule has 1 aromatic heterocycles. The molecule has 1 aromatic rings. The first kappa shape index (κ1) is 13.3. The van der Waals surface area contributed by atoms with E-state index in [1.165, 1.54) is 4.68 Å². The number of aryl methyl sites for hydroxylation is 1. The number of hydrogen-bond donors (Lipinski definition) is 2. The van der Waals surface area contributed by atoms with Gasteiger partial charge >= 0.3 is 29.6 Å². The first-order chi connectivity index (χ1) is 5.49. The number of nitrogens with zero attached hydrogens (tertiary/aromatic N) is 4. The summed E-state index contributed by atoms with van der Waals surface area (Å²) in [5.41, 5.74) is 0. The Balaban J connectivity index is 0.00000144. The zero-order valence-electron chi connectivity index (χ0n) is 5.95. The molecule has 70 valence electrons. The molecule has 0 spiro atoms. The van der Waals surface area contributed by atoms with Crippen molar-refractivity contribution in [3.05, 3.63) is 0 Å². The molecule has 13 heavy (non-hydrogen) atoms. The fraction of sp³-hybridized carbons (Fsp3) is 0.667. The molecule has 0 aliphatic heterocycles. The zero-order chi connectivity index (χ0) is 9.19. The number of rotatable bonds is 3. The van der Waals surface area contributed by atoms with Crippen molar-refractivity contribution in [2.24, 2.45) is 5.14 Å². The average molecular weight is 233 g/mol. The Kier molecular flexibility index (Phi) is 5.40. The molecule has 0 aliphatic carbocycles. The van der Waals surface area contributed by atoms with Gasteiger partial charge in [-0.1, -0.05) is 0 Å². The van der Waals surface area contributed by atoms with Crippen LogP contribution in [-0.4, -0.2) is 63.9 Å². The van der Waals surface area contributed by atoms with Crippen LogP contribution in [0.15, 0.2) is 5.16 Å². The minimum atomic E-state index is -3.47. The van der Waals surface area contributed by atoms with Crippen molar-refractivity contribution in [3.8, 4) is 0 Å². The summed E-state index contributed by atoms with van der Waals surface area (Å²) in [7, 11) is -3.47. The second-order valence-electron chi connectivity index (χ2n) is 2.07. The summed E-state index contributed by atoms with van der Waals surface area (Å²) < 4.78 is 22.3. The van der Waals surface area contributed by atoms with Gasteiger partial charge in [0.05, 0.1) is 12.3 Å². The van der Waals surface area contributed by atoms with E-state index in [-0.39, 0.29) is 47.0 Å². The Labute approximate surface area is 103 Å². The third-order valence-corrected chi connectivity index (χ3v) is 2.17. The summed E-state index contributed by atoms with van der Waals surface area (Å²) in [6.45, 7) is 0.116. The Morgan fingerprint density at radius 3 is 2.54 bits per heavy atom. The minimum absolute atomic E-state index is 0. The second kappa shape index (κ2) is 5.27. The van der Waals surface area contributed by atoms with Crippen LogP contribution in [-0.2, 0) is 16.6 Å². The van der Waals surface area contributed by atoms with E-state index in [0.29, 0.717) is 0 Å². The maximum atomic E-state index is 10.5. The molecule has 0 amide bonds. The van der Waals surface area contributed by atoms with Crippen LogP contribution in [0.2, 0.25) is 0 Å². The van der Waals surface area contributed by atoms with E-state index in [2.05, 4.69) is 28.2 Å². The number of sulfonamides is 1. The summed E-state index contributed by atoms with van der Waals surface area (Å²) in [4.78, 5) is 0. The van der Waals surface area contributed by atoms with E-state index in [9.17, 15) is 8.42 Å². The molecule has 0 saturated carbocycles. The molecule has 0 fully saturated rings. The molecule has 0 unspecified atom stereocenters. The number of aromatic nitrogens is 4. The number of thiol groups is 1. The van der Waals surface area contributed by atoms with Gasteiger partial charge in [-0.3, -0.25) is 0 Å². The third-order valence-electron chi connectivity index (χ3n) is 1.10. The summed E-state index contributed by atoms with van der Waals surface area (Å²) in [5, 5.41) is 15.2. The molecular weight excluding hydrogens is 225 g/mol. The molecule has 0 aromatic carbocycles. The van der Waals surface area contributed by atoms with Crippen LogP contribution >= 0.6 is 12.6 Å². The van der Waals surface area contributed by atoms with E-state index < -0.39 is 10.0 Å². The Hall–Kier alpha value is 0.330. The quantitative estimate of drug-likeness (QED) is 0.447. The Morgan fingerprint density at radius 2 is 2.15 bits per heavy atom. The zero-order valence-corrected chi connectivity index (χ0v) is 7.66. The SMILES string of the molecule is NS(=O)(=O)CCn1nnnc1S.[NaH]. The van der Waals surface area contributed by atoms with Gasteiger partial charge in [-0.2, -0.15) is 0 Å². The van der Waals surface area contributed by atoms with Crippen LogP contribution in [0.1, 0.15) is 0 Å². The van der Waals surface area contributed by atoms with E-state index in [4.69, 9.17) is 5.14 Å². The molecule has 0 aliphatic rings. The van der Waals surface area contributed by atoms with Crippen LogP contribution in [0.3, 0.4) is 0 Å². The predicted molar refractivity (Wildman–Crippen MR) is 50.2 cm³/mol. The number of hydrogen-bond acceptors (Lipinski definition) is 6. The van der Waals surface area contributed by atoms with Gasteiger partial charge in [0.25, 0.3) is 0 Å². The van der Waals surface area contributed by atoms with E-state index in [0.717, 1.165) is 0 Å². The molecule has 1 heterocycles. The number of tetrazole rings is 1. The van der Waals surface area contributed by atoms with Gasteiger partial charge in [-0.25, -0.2) is 18.2 Å². The van der Waals surface area contributed by atoms with Crippen molar-refractivity contribution < 1.29 is 8.42 Å². The number of primary sulfonamides is 1. The standard InChI is InChI=1S/C3H7N5O2S2.Na.H/c4-12(9,10)2-1-8-3(11)5-6-7-8;;/h1-2H2,(H2,4,9,10)(H,5,7,11);;. The van der Waals surface area contributed by atoms with Crippen LogP contribution < -0.4 is 5.14 Å². The van der Waals surface area contributed by atoms with Gasteiger partial charge in [0, 0.05) is 0 Å². The van der Waals surface area contributed by atoms with Crippen molar-refractivity contribution in [3.63, 3.8) is 0 Å². The van der Waals surface area contributed by atoms with Crippen LogP contribution in [0.5, 0.6) is 0 Å². The normalized spacial score (nSPS) is 10.9. The van der Waals surface area contributed by atoms with Gasteiger partial charge in [0.1, 0.15) is 0 Å². The third kappa shape index (κ3) is 4.93. The summed E-state index contributed by atoms with van der Waals surface area (Å²) in [6.07, 6.45) is 0. The van der Waals surface area contributed by atoms with Gasteiger partial charge in [0.15, 0.2) is 0 Å². The molecule has 10 heteroatoms. The van der Waals surface area contributed by atoms with Gasteiger partial charge in [-0.05, 0) is 10.4 Å². The monoisotopic (exact) mass is 233 g/mol. The molecule has 7 nitrogen and oxygen atoms in total. The molecule has 0 radical (unpaired) electrons. The van der Waals surface area contributed by atoms with Gasteiger partial charge in [0.2, 0.25) is 15.2 Å². The Morgan fingerprint density at radius 1 is 1.54 bits per heavy atom. The van der Waals surface area contributed by atoms with Crippen molar-refractivity contribution in [2.75, 3.05) is 5.75 Å². The summed E-state index contributed by atoms with van der Waals surface area (Å²) in [6, 6.07) is 0. The van der Waals surface area contributed by atoms with Crippen molar-refractivity contribution in [1.82, 2.24) is 20.2 Å². The van der Waals surface area contributed by atoms with Crippen molar-refractivity contribution in [2.45, 2.75) is 11.7 Å². The van der Waals surface area contributed by atoms with Crippen LogP contribution in [0, 0.1) is 0 Å². The van der Waals surface area contributed by atoms with Crippen molar-refractivity contribution >= 4 is 52.2 Å². The number of nitrogens with two attached hydrogens (primary N) is 1. The molecular formula is C3H8N5NaO2S2. The Bertz CT molecular complexity index is 362. The fourth-order valence-corrected chi connectivity index (χ4v) is 1.17. The van der Waals surface area contributed by atoms with Crippen LogP contribution in [0.4, 0.5) is 0 Å². The maximum absolute atomic E-state index is 10.5. The average Bonchev–Trinajstić information content (AvgIpc) is 2.29. The predicted octanol–water partition coefficient (Wildman–Crippen LogP) is -2.40. The fourth-order valence-electron chi connectivity index (χ4n) is 0.558. The molecule has 1 rings (SSSR count). The van der Waals surface area contributed by atoms with Crippen molar-refractivity contribution in [1.29, 1.82) is 0 Å². The first-order valence-electron chi connectivity index (χ1n) is 2.94. The van der Waals surface area contributed by atoms with E-state index in [1.807, 2.05) is 0 Å². The van der Waals surface area contributed by atoms with E-state index in [1.54, 1.807) is 0 Å². The summed E-state index contributed by atoms with van der Waals surface area (Å²) in [5.74, 6) is -0.203. The molecule has 0 atom stereocenters. The van der Waals surface area contributed by atoms with Gasteiger partial charge in [-0.15, -0.1) is 17.7 Å². The van der Waals surface area contributed by atoms with E-state index >= 15 is 0 Å². The topological polar surface area (TPSA) is 104 Å².